The largest absolute Gasteiger partial charge is 0.397 e. The summed E-state index contributed by atoms with van der Waals surface area (Å²) in [4.78, 5) is 4.66. The molecule has 3 nitrogen and oxygen atoms in total. The number of likely N-dealkylation sites (N-methyl/N-ethyl adjacent to an activating group) is 1. The second-order valence-corrected chi connectivity index (χ2v) is 4.86. The zero-order valence-corrected chi connectivity index (χ0v) is 10.6. The Balaban J connectivity index is 2.23. The first kappa shape index (κ1) is 11.6. The van der Waals surface area contributed by atoms with Gasteiger partial charge in [-0.3, -0.25) is 0 Å². The monoisotopic (exact) mass is 239 g/mol. The van der Waals surface area contributed by atoms with E-state index in [0.717, 1.165) is 48.1 Å². The maximum Gasteiger partial charge on any atom is 0.0604 e. The number of anilines is 2. The first-order valence-corrected chi connectivity index (χ1v) is 5.95. The molecule has 1 saturated heterocycles. The summed E-state index contributed by atoms with van der Waals surface area (Å²) in [5.74, 6) is 0. The summed E-state index contributed by atoms with van der Waals surface area (Å²) in [6.45, 7) is 6.24. The highest BCUT2D eigenvalue weighted by atomic mass is 35.5. The number of nitrogen functional groups attached to an aromatic ring is 1. The summed E-state index contributed by atoms with van der Waals surface area (Å²) in [5, 5.41) is 0.746. The average Bonchev–Trinajstić information content (AvgIpc) is 2.25. The number of aryl methyl sites for hydroxylation is 1. The predicted molar refractivity (Wildman–Crippen MR) is 70.3 cm³/mol. The third kappa shape index (κ3) is 2.25. The van der Waals surface area contributed by atoms with Crippen LogP contribution in [0.4, 0.5) is 11.4 Å². The lowest BCUT2D eigenvalue weighted by Gasteiger charge is -2.34. The fourth-order valence-corrected chi connectivity index (χ4v) is 2.17. The van der Waals surface area contributed by atoms with Crippen molar-refractivity contribution < 1.29 is 0 Å². The van der Waals surface area contributed by atoms with Gasteiger partial charge in [-0.15, -0.1) is 0 Å². The number of rotatable bonds is 1. The van der Waals surface area contributed by atoms with Crippen LogP contribution in [0.3, 0.4) is 0 Å². The van der Waals surface area contributed by atoms with Crippen molar-refractivity contribution in [2.75, 3.05) is 43.9 Å². The zero-order valence-electron chi connectivity index (χ0n) is 9.83. The molecule has 4 heteroatoms. The minimum atomic E-state index is 0.746. The number of hydrogen-bond acceptors (Lipinski definition) is 3. The number of benzene rings is 1. The molecule has 1 fully saturated rings. The Kier molecular flexibility index (Phi) is 3.26. The van der Waals surface area contributed by atoms with E-state index in [4.69, 9.17) is 17.3 Å². The van der Waals surface area contributed by atoms with E-state index in [2.05, 4.69) is 22.9 Å². The molecule has 1 heterocycles. The number of nitrogens with two attached hydrogens (primary N) is 1. The quantitative estimate of drug-likeness (QED) is 0.761. The Labute approximate surface area is 102 Å². The van der Waals surface area contributed by atoms with Crippen LogP contribution in [0.2, 0.25) is 5.02 Å². The van der Waals surface area contributed by atoms with Gasteiger partial charge in [-0.05, 0) is 31.7 Å². The van der Waals surface area contributed by atoms with Crippen LogP contribution >= 0.6 is 11.6 Å². The standard InChI is InChI=1S/C12H18ClN3/c1-9-7-12(11(14)8-10(9)13)16-5-3-15(2)4-6-16/h7-8H,3-6,14H2,1-2H3. The molecule has 16 heavy (non-hydrogen) atoms. The van der Waals surface area contributed by atoms with Gasteiger partial charge in [0.1, 0.15) is 0 Å². The number of nitrogens with zero attached hydrogens (tertiary/aromatic N) is 2. The Hall–Kier alpha value is -0.930. The summed E-state index contributed by atoms with van der Waals surface area (Å²) in [5.41, 5.74) is 9.00. The minimum absolute atomic E-state index is 0.746. The molecule has 2 rings (SSSR count). The van der Waals surface area contributed by atoms with Gasteiger partial charge in [-0.25, -0.2) is 0 Å². The van der Waals surface area contributed by atoms with Gasteiger partial charge < -0.3 is 15.5 Å². The SMILES string of the molecule is Cc1cc(N2CCN(C)CC2)c(N)cc1Cl. The predicted octanol–water partition coefficient (Wildman–Crippen LogP) is 1.98. The van der Waals surface area contributed by atoms with Crippen molar-refractivity contribution in [1.82, 2.24) is 4.90 Å². The molecule has 1 aliphatic heterocycles. The van der Waals surface area contributed by atoms with Crippen molar-refractivity contribution in [1.29, 1.82) is 0 Å². The number of piperazine rings is 1. The van der Waals surface area contributed by atoms with E-state index in [1.165, 1.54) is 0 Å². The first-order chi connectivity index (χ1) is 7.58. The van der Waals surface area contributed by atoms with Crippen LogP contribution in [0.15, 0.2) is 12.1 Å². The molecule has 0 amide bonds. The highest BCUT2D eigenvalue weighted by Crippen LogP contribution is 2.30. The van der Waals surface area contributed by atoms with Crippen LogP contribution in [0.25, 0.3) is 0 Å². The average molecular weight is 240 g/mol. The van der Waals surface area contributed by atoms with Crippen molar-refractivity contribution in [2.45, 2.75) is 6.92 Å². The lowest BCUT2D eigenvalue weighted by molar-refractivity contribution is 0.313. The minimum Gasteiger partial charge on any atom is -0.397 e. The topological polar surface area (TPSA) is 32.5 Å². The molecule has 1 aliphatic rings. The van der Waals surface area contributed by atoms with Gasteiger partial charge in [0.15, 0.2) is 0 Å². The summed E-state index contributed by atoms with van der Waals surface area (Å²) >= 11 is 6.04. The molecule has 0 spiro atoms. The maximum absolute atomic E-state index is 6.04. The molecule has 0 atom stereocenters. The molecule has 88 valence electrons. The van der Waals surface area contributed by atoms with E-state index in [1.54, 1.807) is 0 Å². The van der Waals surface area contributed by atoms with Gasteiger partial charge >= 0.3 is 0 Å². The van der Waals surface area contributed by atoms with Gasteiger partial charge in [0.25, 0.3) is 0 Å². The molecular formula is C12H18ClN3. The van der Waals surface area contributed by atoms with Crippen molar-refractivity contribution in [3.63, 3.8) is 0 Å². The highest BCUT2D eigenvalue weighted by molar-refractivity contribution is 6.31. The second-order valence-electron chi connectivity index (χ2n) is 4.45. The van der Waals surface area contributed by atoms with Crippen molar-refractivity contribution in [3.8, 4) is 0 Å². The van der Waals surface area contributed by atoms with E-state index in [0.29, 0.717) is 0 Å². The summed E-state index contributed by atoms with van der Waals surface area (Å²) in [7, 11) is 2.15. The fourth-order valence-electron chi connectivity index (χ4n) is 2.00. The van der Waals surface area contributed by atoms with Gasteiger partial charge in [-0.2, -0.15) is 0 Å². The van der Waals surface area contributed by atoms with E-state index in [1.807, 2.05) is 13.0 Å². The molecule has 0 unspecified atom stereocenters. The summed E-state index contributed by atoms with van der Waals surface area (Å²) in [6, 6.07) is 3.94. The molecule has 0 aromatic heterocycles. The zero-order chi connectivity index (χ0) is 11.7. The number of hydrogen-bond donors (Lipinski definition) is 1. The molecule has 0 aliphatic carbocycles. The van der Waals surface area contributed by atoms with Crippen molar-refractivity contribution in [3.05, 3.63) is 22.7 Å². The van der Waals surface area contributed by atoms with Crippen LogP contribution in [0.5, 0.6) is 0 Å². The van der Waals surface area contributed by atoms with Crippen molar-refractivity contribution in [2.24, 2.45) is 0 Å². The maximum atomic E-state index is 6.04. The van der Waals surface area contributed by atoms with Gasteiger partial charge in [0.05, 0.1) is 11.4 Å². The molecule has 1 aromatic carbocycles. The van der Waals surface area contributed by atoms with Crippen LogP contribution in [0.1, 0.15) is 5.56 Å². The molecule has 1 aromatic rings. The van der Waals surface area contributed by atoms with Crippen LogP contribution < -0.4 is 10.6 Å². The van der Waals surface area contributed by atoms with Gasteiger partial charge in [0.2, 0.25) is 0 Å². The van der Waals surface area contributed by atoms with Gasteiger partial charge in [-0.1, -0.05) is 11.6 Å². The molecular weight excluding hydrogens is 222 g/mol. The molecule has 0 saturated carbocycles. The van der Waals surface area contributed by atoms with Crippen LogP contribution in [-0.2, 0) is 0 Å². The van der Waals surface area contributed by atoms with E-state index in [9.17, 15) is 0 Å². The van der Waals surface area contributed by atoms with Crippen LogP contribution in [0, 0.1) is 6.92 Å². The highest BCUT2D eigenvalue weighted by Gasteiger charge is 2.16. The molecule has 2 N–H and O–H groups in total. The van der Waals surface area contributed by atoms with Gasteiger partial charge in [0, 0.05) is 31.2 Å². The lowest BCUT2D eigenvalue weighted by atomic mass is 10.1. The Morgan fingerprint density at radius 1 is 1.19 bits per heavy atom. The third-order valence-corrected chi connectivity index (χ3v) is 3.56. The van der Waals surface area contributed by atoms with Crippen LogP contribution in [-0.4, -0.2) is 38.1 Å². The molecule has 0 radical (unpaired) electrons. The molecule has 0 bridgehead atoms. The third-order valence-electron chi connectivity index (χ3n) is 3.15. The van der Waals surface area contributed by atoms with E-state index in [-0.39, 0.29) is 0 Å². The Bertz CT molecular complexity index is 384. The Morgan fingerprint density at radius 3 is 2.44 bits per heavy atom. The second kappa shape index (κ2) is 4.52. The first-order valence-electron chi connectivity index (χ1n) is 5.57. The summed E-state index contributed by atoms with van der Waals surface area (Å²) in [6.07, 6.45) is 0. The summed E-state index contributed by atoms with van der Waals surface area (Å²) < 4.78 is 0. The van der Waals surface area contributed by atoms with E-state index < -0.39 is 0 Å². The fraction of sp³-hybridized carbons (Fsp3) is 0.500. The lowest BCUT2D eigenvalue weighted by Crippen LogP contribution is -2.44. The smallest absolute Gasteiger partial charge is 0.0604 e. The van der Waals surface area contributed by atoms with Crippen molar-refractivity contribution >= 4 is 23.0 Å². The number of halogens is 1. The van der Waals surface area contributed by atoms with E-state index >= 15 is 0 Å². The Morgan fingerprint density at radius 2 is 1.81 bits per heavy atom. The normalized spacial score (nSPS) is 17.8.